The maximum absolute atomic E-state index is 14.3. The number of fused-ring (bicyclic) bond motifs is 1. The van der Waals surface area contributed by atoms with Crippen LogP contribution in [0.3, 0.4) is 0 Å². The van der Waals surface area contributed by atoms with Crippen LogP contribution >= 0.6 is 0 Å². The molecule has 0 amide bonds. The Kier molecular flexibility index (Phi) is 6.99. The largest absolute Gasteiger partial charge is 0.381 e. The normalized spacial score (nSPS) is 31.5. The number of nitrogens with zero attached hydrogens (tertiary/aromatic N) is 2. The van der Waals surface area contributed by atoms with E-state index in [0.717, 1.165) is 43.0 Å². The van der Waals surface area contributed by atoms with Gasteiger partial charge < -0.3 is 31.7 Å². The lowest BCUT2D eigenvalue weighted by Gasteiger charge is -2.34. The summed E-state index contributed by atoms with van der Waals surface area (Å²) in [7, 11) is 0. The predicted octanol–water partition coefficient (Wildman–Crippen LogP) is 0.612. The van der Waals surface area contributed by atoms with Crippen molar-refractivity contribution < 1.29 is 13.5 Å². The van der Waals surface area contributed by atoms with Crippen molar-refractivity contribution >= 4 is 12.1 Å². The number of rotatable bonds is 5. The molecule has 4 aliphatic rings. The number of amidine groups is 1. The van der Waals surface area contributed by atoms with Gasteiger partial charge in [0, 0.05) is 74.9 Å². The van der Waals surface area contributed by atoms with Crippen LogP contribution in [0, 0.1) is 5.92 Å². The Bertz CT molecular complexity index is 800. The molecule has 2 saturated heterocycles. The van der Waals surface area contributed by atoms with Crippen molar-refractivity contribution in [1.29, 1.82) is 0 Å². The molecule has 0 aromatic heterocycles. The number of hydrogen-bond donors (Lipinski definition) is 5. The number of allylic oxidation sites excluding steroid dienone is 1. The van der Waals surface area contributed by atoms with E-state index in [1.165, 1.54) is 0 Å². The van der Waals surface area contributed by atoms with Crippen molar-refractivity contribution in [2.45, 2.75) is 37.3 Å². The highest BCUT2D eigenvalue weighted by atomic mass is 19.3. The van der Waals surface area contributed by atoms with Gasteiger partial charge in [0.05, 0.1) is 18.5 Å². The second kappa shape index (κ2) is 9.88. The first-order chi connectivity index (χ1) is 15.1. The summed E-state index contributed by atoms with van der Waals surface area (Å²) in [6, 6.07) is -0.0168. The molecule has 8 nitrogen and oxygen atoms in total. The Hall–Kier alpha value is -2.30. The minimum atomic E-state index is -2.71. The molecule has 170 valence electrons. The van der Waals surface area contributed by atoms with Gasteiger partial charge in [-0.15, -0.1) is 0 Å². The molecule has 31 heavy (non-hydrogen) atoms. The smallest absolute Gasteiger partial charge is 0.255 e. The van der Waals surface area contributed by atoms with Crippen LogP contribution in [-0.4, -0.2) is 69.4 Å². The molecule has 10 heteroatoms. The number of halogens is 2. The van der Waals surface area contributed by atoms with Gasteiger partial charge >= 0.3 is 0 Å². The summed E-state index contributed by atoms with van der Waals surface area (Å²) in [6.07, 6.45) is 8.99. The van der Waals surface area contributed by atoms with Gasteiger partial charge in [0.1, 0.15) is 11.9 Å². The fourth-order valence-electron chi connectivity index (χ4n) is 4.07. The summed E-state index contributed by atoms with van der Waals surface area (Å²) in [6.45, 7) is 2.38. The second-order valence-electron chi connectivity index (χ2n) is 8.20. The van der Waals surface area contributed by atoms with Gasteiger partial charge in [-0.05, 0) is 18.9 Å². The molecular weight excluding hydrogens is 404 g/mol. The molecule has 0 aromatic rings. The van der Waals surface area contributed by atoms with E-state index >= 15 is 0 Å². The molecule has 0 aromatic carbocycles. The SMILES string of the molecule is NCC(C=NC1CCOCC1)=C1C=C2NC=CNC2C(=NC[C@@H]2CNCCC2(F)F)N1. The van der Waals surface area contributed by atoms with E-state index in [1.54, 1.807) is 12.4 Å². The molecule has 0 aliphatic carbocycles. The topological polar surface area (TPSA) is 108 Å². The van der Waals surface area contributed by atoms with Crippen molar-refractivity contribution in [2.75, 3.05) is 39.4 Å². The number of aliphatic imine (C=N–C) groups is 2. The minimum absolute atomic E-state index is 0.0406. The fraction of sp³-hybridized carbons (Fsp3) is 0.619. The Balaban J connectivity index is 1.56. The third-order valence-electron chi connectivity index (χ3n) is 6.05. The Morgan fingerprint density at radius 2 is 2.13 bits per heavy atom. The third-order valence-corrected chi connectivity index (χ3v) is 6.05. The summed E-state index contributed by atoms with van der Waals surface area (Å²) < 4.78 is 33.9. The van der Waals surface area contributed by atoms with Crippen molar-refractivity contribution in [1.82, 2.24) is 21.3 Å². The standard InChI is InChI=1S/C21H31F2N7O/c22-21(23)3-4-25-12-15(21)13-29-20-19-18(26-5-6-27-19)9-17(30-20)14(10-24)11-28-16-1-7-31-8-2-16/h5-6,9,11,15-16,19,25-27H,1-4,7-8,10,12-13,24H2,(H,29,30)/t15-,19?/m0/s1. The Morgan fingerprint density at radius 1 is 1.29 bits per heavy atom. The van der Waals surface area contributed by atoms with Crippen molar-refractivity contribution in [3.8, 4) is 0 Å². The number of piperidine rings is 1. The molecule has 4 rings (SSSR count). The van der Waals surface area contributed by atoms with Crippen LogP contribution in [-0.2, 0) is 4.74 Å². The van der Waals surface area contributed by atoms with Crippen LogP contribution in [0.5, 0.6) is 0 Å². The molecule has 2 fully saturated rings. The third kappa shape index (κ3) is 5.31. The predicted molar refractivity (Wildman–Crippen MR) is 117 cm³/mol. The highest BCUT2D eigenvalue weighted by molar-refractivity contribution is 5.95. The summed E-state index contributed by atoms with van der Waals surface area (Å²) in [5.74, 6) is -2.94. The molecule has 0 bridgehead atoms. The summed E-state index contributed by atoms with van der Waals surface area (Å²) in [4.78, 5) is 9.26. The summed E-state index contributed by atoms with van der Waals surface area (Å²) >= 11 is 0. The highest BCUT2D eigenvalue weighted by Gasteiger charge is 2.41. The zero-order valence-electron chi connectivity index (χ0n) is 17.5. The number of nitrogens with one attached hydrogen (secondary N) is 4. The van der Waals surface area contributed by atoms with Gasteiger partial charge in [-0.2, -0.15) is 0 Å². The Labute approximate surface area is 181 Å². The molecule has 4 aliphatic heterocycles. The van der Waals surface area contributed by atoms with Crippen molar-refractivity contribution in [3.63, 3.8) is 0 Å². The molecule has 0 radical (unpaired) electrons. The molecule has 1 unspecified atom stereocenters. The van der Waals surface area contributed by atoms with Crippen LogP contribution in [0.4, 0.5) is 8.78 Å². The number of hydrogen-bond acceptors (Lipinski definition) is 7. The fourth-order valence-corrected chi connectivity index (χ4v) is 4.07. The number of nitrogens with two attached hydrogens (primary N) is 1. The van der Waals surface area contributed by atoms with E-state index in [9.17, 15) is 8.78 Å². The lowest BCUT2D eigenvalue weighted by molar-refractivity contribution is -0.0740. The van der Waals surface area contributed by atoms with Crippen molar-refractivity contribution in [2.24, 2.45) is 21.6 Å². The van der Waals surface area contributed by atoms with Gasteiger partial charge in [0.15, 0.2) is 0 Å². The van der Waals surface area contributed by atoms with Gasteiger partial charge in [0.25, 0.3) is 5.92 Å². The first-order valence-electron chi connectivity index (χ1n) is 10.9. The lowest BCUT2D eigenvalue weighted by atomic mass is 9.95. The van der Waals surface area contributed by atoms with E-state index < -0.39 is 11.8 Å². The highest BCUT2D eigenvalue weighted by Crippen LogP contribution is 2.31. The Morgan fingerprint density at radius 3 is 2.90 bits per heavy atom. The van der Waals surface area contributed by atoms with E-state index in [-0.39, 0.29) is 31.6 Å². The number of ether oxygens (including phenoxy) is 1. The van der Waals surface area contributed by atoms with E-state index in [2.05, 4.69) is 31.3 Å². The molecular formula is C21H31F2N7O. The van der Waals surface area contributed by atoms with Gasteiger partial charge in [0.2, 0.25) is 0 Å². The van der Waals surface area contributed by atoms with Gasteiger partial charge in [-0.25, -0.2) is 8.78 Å². The zero-order chi connectivity index (χ0) is 21.7. The van der Waals surface area contributed by atoms with Crippen LogP contribution in [0.15, 0.2) is 45.4 Å². The monoisotopic (exact) mass is 435 g/mol. The molecule has 4 heterocycles. The first kappa shape index (κ1) is 21.9. The molecule has 6 N–H and O–H groups in total. The molecule has 2 atom stereocenters. The maximum atomic E-state index is 14.3. The zero-order valence-corrected chi connectivity index (χ0v) is 17.5. The molecule has 0 spiro atoms. The van der Waals surface area contributed by atoms with Crippen LogP contribution in [0.1, 0.15) is 19.3 Å². The lowest BCUT2D eigenvalue weighted by Crippen LogP contribution is -2.52. The van der Waals surface area contributed by atoms with E-state index in [0.29, 0.717) is 18.9 Å². The van der Waals surface area contributed by atoms with Crippen LogP contribution in [0.25, 0.3) is 0 Å². The van der Waals surface area contributed by atoms with E-state index in [1.807, 2.05) is 12.3 Å². The van der Waals surface area contributed by atoms with Crippen molar-refractivity contribution in [3.05, 3.63) is 35.4 Å². The minimum Gasteiger partial charge on any atom is -0.381 e. The van der Waals surface area contributed by atoms with Crippen LogP contribution in [0.2, 0.25) is 0 Å². The maximum Gasteiger partial charge on any atom is 0.255 e. The number of alkyl halides is 2. The molecule has 0 saturated carbocycles. The van der Waals surface area contributed by atoms with Gasteiger partial charge in [-0.1, -0.05) is 0 Å². The summed E-state index contributed by atoms with van der Waals surface area (Å²) in [5.41, 5.74) is 8.52. The van der Waals surface area contributed by atoms with Crippen LogP contribution < -0.4 is 27.0 Å². The average Bonchev–Trinajstić information content (AvgIpc) is 2.79. The van der Waals surface area contributed by atoms with Gasteiger partial charge in [-0.3, -0.25) is 9.98 Å². The van der Waals surface area contributed by atoms with E-state index in [4.69, 9.17) is 10.5 Å². The quantitative estimate of drug-likeness (QED) is 0.405. The average molecular weight is 436 g/mol. The second-order valence-corrected chi connectivity index (χ2v) is 8.20. The first-order valence-corrected chi connectivity index (χ1v) is 10.9. The summed E-state index contributed by atoms with van der Waals surface area (Å²) in [5, 5.41) is 12.8.